The van der Waals surface area contributed by atoms with Gasteiger partial charge in [-0.1, -0.05) is 26.0 Å². The van der Waals surface area contributed by atoms with Crippen LogP contribution in [0.1, 0.15) is 66.3 Å². The molecule has 1 aliphatic heterocycles. The van der Waals surface area contributed by atoms with Crippen molar-refractivity contribution in [3.63, 3.8) is 0 Å². The average molecular weight is 618 g/mol. The summed E-state index contributed by atoms with van der Waals surface area (Å²) in [4.78, 5) is 53.2. The number of anilines is 2. The molecule has 0 spiro atoms. The Labute approximate surface area is 265 Å². The fourth-order valence-electron chi connectivity index (χ4n) is 5.48. The third kappa shape index (κ3) is 8.05. The summed E-state index contributed by atoms with van der Waals surface area (Å²) in [5.74, 6) is 0.329. The average Bonchev–Trinajstić information content (AvgIpc) is 3.41. The van der Waals surface area contributed by atoms with E-state index < -0.39 is 5.91 Å². The van der Waals surface area contributed by atoms with Crippen LogP contribution in [0.15, 0.2) is 30.6 Å². The molecule has 12 nitrogen and oxygen atoms in total. The van der Waals surface area contributed by atoms with Crippen molar-refractivity contribution < 1.29 is 14.4 Å². The second-order valence-corrected chi connectivity index (χ2v) is 12.6. The number of carbonyl (C=O) groups is 3. The van der Waals surface area contributed by atoms with Crippen molar-refractivity contribution in [1.82, 2.24) is 34.4 Å². The maximum atomic E-state index is 13.7. The standard InChI is InChI=1S/C33H47N9O3/c1-21(2)14-17-40(7)15-9-11-27(43)41-16-8-10-25(19-41)42-32-29(31(34)35-20-36-32)30(38-42)33(45)37-26-13-12-24(22(3)23(26)4)18-28(44)39(5)6/h9,11-13,20-21,25H,8,10,14-19H2,1-7H3,(H,37,45)(H2,34,35,36)/b11-9+. The van der Waals surface area contributed by atoms with Gasteiger partial charge < -0.3 is 25.8 Å². The number of fused-ring (bicyclic) bond motifs is 1. The first-order valence-corrected chi connectivity index (χ1v) is 15.6. The van der Waals surface area contributed by atoms with E-state index in [1.807, 2.05) is 30.9 Å². The van der Waals surface area contributed by atoms with Crippen molar-refractivity contribution in [2.24, 2.45) is 5.92 Å². The van der Waals surface area contributed by atoms with Crippen LogP contribution in [0.5, 0.6) is 0 Å². The van der Waals surface area contributed by atoms with Gasteiger partial charge in [0, 0.05) is 45.5 Å². The summed E-state index contributed by atoms with van der Waals surface area (Å²) in [6, 6.07) is 3.48. The van der Waals surface area contributed by atoms with Gasteiger partial charge in [0.05, 0.1) is 17.8 Å². The molecule has 1 atom stereocenters. The number of hydrogen-bond donors (Lipinski definition) is 2. The molecule has 1 aromatic carbocycles. The zero-order valence-corrected chi connectivity index (χ0v) is 27.6. The molecule has 3 amide bonds. The lowest BCUT2D eigenvalue weighted by atomic mass is 9.98. The van der Waals surface area contributed by atoms with Crippen LogP contribution in [0.3, 0.4) is 0 Å². The molecule has 2 aromatic heterocycles. The number of nitrogen functional groups attached to an aromatic ring is 1. The Morgan fingerprint density at radius 2 is 1.89 bits per heavy atom. The van der Waals surface area contributed by atoms with Crippen LogP contribution in [0.4, 0.5) is 11.5 Å². The van der Waals surface area contributed by atoms with Crippen molar-refractivity contribution in [2.45, 2.75) is 59.4 Å². The Morgan fingerprint density at radius 1 is 1.13 bits per heavy atom. The molecule has 12 heteroatoms. The van der Waals surface area contributed by atoms with E-state index >= 15 is 0 Å². The Kier molecular flexibility index (Phi) is 10.9. The van der Waals surface area contributed by atoms with E-state index in [0.717, 1.165) is 42.5 Å². The Morgan fingerprint density at radius 3 is 2.60 bits per heavy atom. The van der Waals surface area contributed by atoms with E-state index in [1.165, 1.54) is 6.33 Å². The van der Waals surface area contributed by atoms with Crippen LogP contribution >= 0.6 is 0 Å². The minimum atomic E-state index is -0.437. The lowest BCUT2D eigenvalue weighted by Crippen LogP contribution is -2.40. The first kappa shape index (κ1) is 33.6. The van der Waals surface area contributed by atoms with Crippen LogP contribution < -0.4 is 11.1 Å². The molecule has 0 radical (unpaired) electrons. The number of aromatic nitrogens is 4. The second kappa shape index (κ2) is 14.6. The topological polar surface area (TPSA) is 143 Å². The molecule has 1 aliphatic rings. The third-order valence-electron chi connectivity index (χ3n) is 8.54. The molecular formula is C33H47N9O3. The van der Waals surface area contributed by atoms with E-state index in [4.69, 9.17) is 10.8 Å². The lowest BCUT2D eigenvalue weighted by molar-refractivity contribution is -0.128. The summed E-state index contributed by atoms with van der Waals surface area (Å²) in [5.41, 5.74) is 10.2. The molecule has 0 saturated carbocycles. The molecule has 0 aliphatic carbocycles. The van der Waals surface area contributed by atoms with Crippen molar-refractivity contribution in [2.75, 3.05) is 58.4 Å². The number of likely N-dealkylation sites (N-methyl/N-ethyl adjacent to an activating group) is 2. The van der Waals surface area contributed by atoms with E-state index in [0.29, 0.717) is 42.3 Å². The Bertz CT molecular complexity index is 1580. The number of rotatable bonds is 11. The highest BCUT2D eigenvalue weighted by Crippen LogP contribution is 2.30. The number of nitrogens with two attached hydrogens (primary N) is 1. The first-order chi connectivity index (χ1) is 21.4. The minimum absolute atomic E-state index is 0.00507. The van der Waals surface area contributed by atoms with Gasteiger partial charge in [-0.2, -0.15) is 5.10 Å². The zero-order chi connectivity index (χ0) is 32.8. The zero-order valence-electron chi connectivity index (χ0n) is 27.6. The van der Waals surface area contributed by atoms with E-state index in [9.17, 15) is 14.4 Å². The predicted molar refractivity (Wildman–Crippen MR) is 177 cm³/mol. The van der Waals surface area contributed by atoms with Crippen LogP contribution in [0, 0.1) is 19.8 Å². The Balaban J connectivity index is 1.53. The molecule has 242 valence electrons. The summed E-state index contributed by atoms with van der Waals surface area (Å²) in [6.45, 7) is 11.1. The largest absolute Gasteiger partial charge is 0.383 e. The monoisotopic (exact) mass is 617 g/mol. The van der Waals surface area contributed by atoms with Gasteiger partial charge in [0.15, 0.2) is 11.3 Å². The Hall–Kier alpha value is -4.32. The molecular weight excluding hydrogens is 570 g/mol. The minimum Gasteiger partial charge on any atom is -0.383 e. The SMILES string of the molecule is Cc1c(CC(=O)N(C)C)ccc(NC(=O)c2nn(C3CCCN(C(=O)/C=C/CN(C)CCC(C)C)C3)c3ncnc(N)c23)c1C. The molecule has 1 fully saturated rings. The van der Waals surface area contributed by atoms with Gasteiger partial charge in [-0.25, -0.2) is 14.6 Å². The number of carbonyl (C=O) groups excluding carboxylic acids is 3. The van der Waals surface area contributed by atoms with E-state index in [-0.39, 0.29) is 35.8 Å². The number of amides is 3. The third-order valence-corrected chi connectivity index (χ3v) is 8.54. The number of hydrogen-bond acceptors (Lipinski definition) is 8. The maximum absolute atomic E-state index is 13.7. The molecule has 3 aromatic rings. The summed E-state index contributed by atoms with van der Waals surface area (Å²) in [7, 11) is 5.52. The highest BCUT2D eigenvalue weighted by Gasteiger charge is 2.29. The fourth-order valence-corrected chi connectivity index (χ4v) is 5.48. The van der Waals surface area contributed by atoms with Crippen LogP contribution in [-0.2, 0) is 16.0 Å². The number of piperidine rings is 1. The quantitative estimate of drug-likeness (QED) is 0.311. The van der Waals surface area contributed by atoms with Crippen molar-refractivity contribution in [3.05, 3.63) is 53.0 Å². The molecule has 4 rings (SSSR count). The highest BCUT2D eigenvalue weighted by molar-refractivity contribution is 6.13. The lowest BCUT2D eigenvalue weighted by Gasteiger charge is -2.32. The van der Waals surface area contributed by atoms with Gasteiger partial charge in [0.1, 0.15) is 12.1 Å². The molecule has 3 N–H and O–H groups in total. The van der Waals surface area contributed by atoms with Crippen molar-refractivity contribution in [1.29, 1.82) is 0 Å². The van der Waals surface area contributed by atoms with E-state index in [1.54, 1.807) is 35.8 Å². The number of benzene rings is 1. The van der Waals surface area contributed by atoms with Crippen molar-refractivity contribution >= 4 is 40.3 Å². The van der Waals surface area contributed by atoms with Gasteiger partial charge in [-0.3, -0.25) is 14.4 Å². The van der Waals surface area contributed by atoms with Gasteiger partial charge in [0.2, 0.25) is 11.8 Å². The normalized spacial score (nSPS) is 15.4. The van der Waals surface area contributed by atoms with E-state index in [2.05, 4.69) is 41.1 Å². The molecule has 45 heavy (non-hydrogen) atoms. The van der Waals surface area contributed by atoms with Gasteiger partial charge >= 0.3 is 0 Å². The summed E-state index contributed by atoms with van der Waals surface area (Å²) in [5, 5.41) is 8.08. The number of nitrogens with zero attached hydrogens (tertiary/aromatic N) is 7. The van der Waals surface area contributed by atoms with Crippen LogP contribution in [0.2, 0.25) is 0 Å². The predicted octanol–water partition coefficient (Wildman–Crippen LogP) is 3.61. The smallest absolute Gasteiger partial charge is 0.277 e. The molecule has 1 saturated heterocycles. The second-order valence-electron chi connectivity index (χ2n) is 12.6. The van der Waals surface area contributed by atoms with Crippen molar-refractivity contribution in [3.8, 4) is 0 Å². The summed E-state index contributed by atoms with van der Waals surface area (Å²) < 4.78 is 1.72. The number of likely N-dealkylation sites (tertiary alicyclic amines) is 1. The van der Waals surface area contributed by atoms with Crippen LogP contribution in [0.25, 0.3) is 11.0 Å². The first-order valence-electron chi connectivity index (χ1n) is 15.6. The summed E-state index contributed by atoms with van der Waals surface area (Å²) >= 11 is 0. The van der Waals surface area contributed by atoms with Gasteiger partial charge in [-0.15, -0.1) is 0 Å². The highest BCUT2D eigenvalue weighted by atomic mass is 16.2. The number of nitrogens with one attached hydrogen (secondary N) is 1. The maximum Gasteiger partial charge on any atom is 0.277 e. The van der Waals surface area contributed by atoms with Gasteiger partial charge in [0.25, 0.3) is 5.91 Å². The fraction of sp³-hybridized carbons (Fsp3) is 0.515. The molecule has 0 bridgehead atoms. The molecule has 1 unspecified atom stereocenters. The van der Waals surface area contributed by atoms with Crippen LogP contribution in [-0.4, -0.2) is 99.5 Å². The summed E-state index contributed by atoms with van der Waals surface area (Å²) in [6.07, 6.45) is 7.90. The van der Waals surface area contributed by atoms with Gasteiger partial charge in [-0.05, 0) is 75.4 Å². The molecule has 3 heterocycles.